The van der Waals surface area contributed by atoms with E-state index in [0.29, 0.717) is 29.6 Å². The van der Waals surface area contributed by atoms with Crippen LogP contribution in [0, 0.1) is 5.92 Å². The van der Waals surface area contributed by atoms with Crippen LogP contribution < -0.4 is 10.5 Å². The van der Waals surface area contributed by atoms with E-state index in [2.05, 4.69) is 6.92 Å². The number of rotatable bonds is 4. The molecule has 0 bridgehead atoms. The lowest BCUT2D eigenvalue weighted by molar-refractivity contribution is -0.128. The van der Waals surface area contributed by atoms with Gasteiger partial charge in [-0.1, -0.05) is 25.2 Å². The van der Waals surface area contributed by atoms with Gasteiger partial charge in [-0.05, 0) is 23.6 Å². The molecule has 0 spiro atoms. The fourth-order valence-corrected chi connectivity index (χ4v) is 2.55. The van der Waals surface area contributed by atoms with Crippen molar-refractivity contribution in [3.63, 3.8) is 0 Å². The average molecular weight is 278 g/mol. The number of benzene rings is 1. The van der Waals surface area contributed by atoms with E-state index in [4.69, 9.17) is 22.7 Å². The van der Waals surface area contributed by atoms with Gasteiger partial charge < -0.3 is 15.4 Å². The largest absolute Gasteiger partial charge is 0.496 e. The second-order valence-electron chi connectivity index (χ2n) is 4.98. The summed E-state index contributed by atoms with van der Waals surface area (Å²) in [6, 6.07) is 5.68. The molecule has 0 saturated carbocycles. The number of methoxy groups -OCH3 is 1. The highest BCUT2D eigenvalue weighted by atomic mass is 32.1. The number of nitrogens with two attached hydrogens (primary N) is 1. The van der Waals surface area contributed by atoms with Crippen LogP contribution in [-0.2, 0) is 11.3 Å². The van der Waals surface area contributed by atoms with Crippen molar-refractivity contribution >= 4 is 23.1 Å². The number of likely N-dealkylation sites (tertiary alicyclic amines) is 1. The molecule has 1 atom stereocenters. The predicted octanol–water partition coefficient (Wildman–Crippen LogP) is 1.70. The maximum atomic E-state index is 11.8. The second kappa shape index (κ2) is 5.57. The van der Waals surface area contributed by atoms with Crippen molar-refractivity contribution in [1.82, 2.24) is 4.90 Å². The highest BCUT2D eigenvalue weighted by Gasteiger charge is 2.26. The lowest BCUT2D eigenvalue weighted by Gasteiger charge is -2.17. The number of hydrogen-bond donors (Lipinski definition) is 1. The molecular formula is C14H18N2O2S. The molecule has 2 rings (SSSR count). The first kappa shape index (κ1) is 13.8. The Balaban J connectivity index is 2.18. The van der Waals surface area contributed by atoms with Gasteiger partial charge in [0.25, 0.3) is 0 Å². The first-order valence-corrected chi connectivity index (χ1v) is 6.66. The first-order valence-electron chi connectivity index (χ1n) is 6.25. The van der Waals surface area contributed by atoms with Gasteiger partial charge >= 0.3 is 0 Å². The van der Waals surface area contributed by atoms with E-state index in [-0.39, 0.29) is 5.91 Å². The molecule has 5 heteroatoms. The molecule has 1 aromatic carbocycles. The van der Waals surface area contributed by atoms with Crippen molar-refractivity contribution < 1.29 is 9.53 Å². The van der Waals surface area contributed by atoms with Gasteiger partial charge in [0.1, 0.15) is 10.7 Å². The van der Waals surface area contributed by atoms with Crippen LogP contribution in [-0.4, -0.2) is 29.5 Å². The van der Waals surface area contributed by atoms with Crippen LogP contribution in [0.2, 0.25) is 0 Å². The number of amides is 1. The summed E-state index contributed by atoms with van der Waals surface area (Å²) in [4.78, 5) is 14.0. The van der Waals surface area contributed by atoms with Gasteiger partial charge in [-0.2, -0.15) is 0 Å². The van der Waals surface area contributed by atoms with E-state index in [1.165, 1.54) is 0 Å². The van der Waals surface area contributed by atoms with Gasteiger partial charge in [0.2, 0.25) is 5.91 Å². The summed E-state index contributed by atoms with van der Waals surface area (Å²) in [5.74, 6) is 1.31. The Morgan fingerprint density at radius 1 is 1.58 bits per heavy atom. The molecular weight excluding hydrogens is 260 g/mol. The Bertz CT molecular complexity index is 516. The molecule has 19 heavy (non-hydrogen) atoms. The van der Waals surface area contributed by atoms with Gasteiger partial charge in [0.15, 0.2) is 0 Å². The van der Waals surface area contributed by atoms with E-state index >= 15 is 0 Å². The number of ether oxygens (including phenoxy) is 1. The molecule has 1 heterocycles. The molecule has 2 N–H and O–H groups in total. The van der Waals surface area contributed by atoms with Gasteiger partial charge in [-0.25, -0.2) is 0 Å². The lowest BCUT2D eigenvalue weighted by atomic mass is 10.1. The van der Waals surface area contributed by atoms with Crippen LogP contribution >= 0.6 is 12.2 Å². The molecule has 1 aliphatic heterocycles. The van der Waals surface area contributed by atoms with Crippen molar-refractivity contribution in [3.8, 4) is 5.75 Å². The second-order valence-corrected chi connectivity index (χ2v) is 5.42. The Labute approximate surface area is 118 Å². The fourth-order valence-electron chi connectivity index (χ4n) is 2.38. The minimum Gasteiger partial charge on any atom is -0.496 e. The zero-order valence-corrected chi connectivity index (χ0v) is 12.0. The quantitative estimate of drug-likeness (QED) is 0.852. The molecule has 102 valence electrons. The molecule has 1 fully saturated rings. The highest BCUT2D eigenvalue weighted by Crippen LogP contribution is 2.24. The molecule has 0 radical (unpaired) electrons. The van der Waals surface area contributed by atoms with Gasteiger partial charge in [-0.15, -0.1) is 0 Å². The third-order valence-corrected chi connectivity index (χ3v) is 3.53. The van der Waals surface area contributed by atoms with Crippen LogP contribution in [0.4, 0.5) is 0 Å². The monoisotopic (exact) mass is 278 g/mol. The molecule has 1 saturated heterocycles. The summed E-state index contributed by atoms with van der Waals surface area (Å²) in [6.07, 6.45) is 0.641. The first-order chi connectivity index (χ1) is 9.01. The number of thiocarbonyl (C=S) groups is 1. The summed E-state index contributed by atoms with van der Waals surface area (Å²) < 4.78 is 5.29. The minimum absolute atomic E-state index is 0.213. The predicted molar refractivity (Wildman–Crippen MR) is 78.1 cm³/mol. The molecule has 1 unspecified atom stereocenters. The maximum Gasteiger partial charge on any atom is 0.223 e. The third-order valence-electron chi connectivity index (χ3n) is 3.31. The topological polar surface area (TPSA) is 55.6 Å². The molecule has 1 aliphatic rings. The van der Waals surface area contributed by atoms with Crippen LogP contribution in [0.3, 0.4) is 0 Å². The van der Waals surface area contributed by atoms with Crippen LogP contribution in [0.1, 0.15) is 24.5 Å². The van der Waals surface area contributed by atoms with E-state index in [1.54, 1.807) is 7.11 Å². The summed E-state index contributed by atoms with van der Waals surface area (Å²) in [7, 11) is 1.59. The summed E-state index contributed by atoms with van der Waals surface area (Å²) in [5.41, 5.74) is 7.38. The van der Waals surface area contributed by atoms with Crippen molar-refractivity contribution in [2.24, 2.45) is 11.7 Å². The van der Waals surface area contributed by atoms with Crippen molar-refractivity contribution in [1.29, 1.82) is 0 Å². The number of hydrogen-bond acceptors (Lipinski definition) is 3. The van der Waals surface area contributed by atoms with Gasteiger partial charge in [-0.3, -0.25) is 4.79 Å². The molecule has 4 nitrogen and oxygen atoms in total. The Kier molecular flexibility index (Phi) is 4.04. The Morgan fingerprint density at radius 2 is 2.32 bits per heavy atom. The van der Waals surface area contributed by atoms with Crippen molar-refractivity contribution in [3.05, 3.63) is 29.3 Å². The van der Waals surface area contributed by atoms with E-state index in [0.717, 1.165) is 17.7 Å². The minimum atomic E-state index is 0.213. The lowest BCUT2D eigenvalue weighted by Crippen LogP contribution is -2.24. The van der Waals surface area contributed by atoms with Gasteiger partial charge in [0.05, 0.1) is 12.7 Å². The Morgan fingerprint density at radius 3 is 2.84 bits per heavy atom. The Hall–Kier alpha value is -1.62. The molecule has 1 amide bonds. The maximum absolute atomic E-state index is 11.8. The number of carbonyl (C=O) groups excluding carboxylic acids is 1. The number of nitrogens with zero attached hydrogens (tertiary/aromatic N) is 1. The summed E-state index contributed by atoms with van der Waals surface area (Å²) in [5, 5.41) is 0. The third kappa shape index (κ3) is 3.04. The smallest absolute Gasteiger partial charge is 0.223 e. The zero-order valence-electron chi connectivity index (χ0n) is 11.2. The van der Waals surface area contributed by atoms with Crippen molar-refractivity contribution in [2.45, 2.75) is 19.9 Å². The van der Waals surface area contributed by atoms with E-state index in [9.17, 15) is 4.79 Å². The standard InChI is InChI=1S/C14H18N2O2S/c1-9-5-13(17)16(7-9)8-10-3-4-11(14(15)19)12(6-10)18-2/h3-4,6,9H,5,7-8H2,1-2H3,(H2,15,19). The fraction of sp³-hybridized carbons (Fsp3) is 0.429. The zero-order chi connectivity index (χ0) is 14.0. The summed E-state index contributed by atoms with van der Waals surface area (Å²) >= 11 is 4.97. The van der Waals surface area contributed by atoms with Crippen molar-refractivity contribution in [2.75, 3.05) is 13.7 Å². The van der Waals surface area contributed by atoms with Gasteiger partial charge in [0, 0.05) is 19.5 Å². The molecule has 1 aromatic rings. The van der Waals surface area contributed by atoms with E-state index < -0.39 is 0 Å². The van der Waals surface area contributed by atoms with Crippen LogP contribution in [0.25, 0.3) is 0 Å². The van der Waals surface area contributed by atoms with Crippen LogP contribution in [0.5, 0.6) is 5.75 Å². The van der Waals surface area contributed by atoms with Crippen LogP contribution in [0.15, 0.2) is 18.2 Å². The average Bonchev–Trinajstić information content (AvgIpc) is 2.67. The highest BCUT2D eigenvalue weighted by molar-refractivity contribution is 7.80. The molecule has 0 aliphatic carbocycles. The van der Waals surface area contributed by atoms with E-state index in [1.807, 2.05) is 23.1 Å². The molecule has 0 aromatic heterocycles. The summed E-state index contributed by atoms with van der Waals surface area (Å²) in [6.45, 7) is 3.52. The SMILES string of the molecule is COc1cc(CN2CC(C)CC2=O)ccc1C(N)=S. The normalized spacial score (nSPS) is 18.7. The number of carbonyl (C=O) groups is 1.